The first kappa shape index (κ1) is 13.5. The van der Waals surface area contributed by atoms with Gasteiger partial charge in [-0.05, 0) is 19.4 Å². The van der Waals surface area contributed by atoms with Gasteiger partial charge in [-0.3, -0.25) is 9.47 Å². The van der Waals surface area contributed by atoms with Gasteiger partial charge in [0, 0.05) is 18.3 Å². The van der Waals surface area contributed by atoms with Crippen LogP contribution in [-0.2, 0) is 11.2 Å². The molecule has 0 saturated heterocycles. The monoisotopic (exact) mass is 294 g/mol. The predicted octanol–water partition coefficient (Wildman–Crippen LogP) is 1.56. The lowest BCUT2D eigenvalue weighted by Crippen LogP contribution is -2.30. The number of carbonyl (C=O) groups excluding carboxylic acids is 1. The Hall–Kier alpha value is -2.44. The van der Waals surface area contributed by atoms with E-state index in [9.17, 15) is 18.4 Å². The van der Waals surface area contributed by atoms with Crippen molar-refractivity contribution in [2.75, 3.05) is 18.6 Å². The summed E-state index contributed by atoms with van der Waals surface area (Å²) in [5.41, 5.74) is 2.44. The Kier molecular flexibility index (Phi) is 3.12. The molecule has 1 aromatic carbocycles. The number of benzene rings is 1. The van der Waals surface area contributed by atoms with Crippen molar-refractivity contribution in [2.24, 2.45) is 0 Å². The largest absolute Gasteiger partial charge is 0.462 e. The van der Waals surface area contributed by atoms with Crippen LogP contribution in [-0.4, -0.2) is 23.8 Å². The average Bonchev–Trinajstić information content (AvgIpc) is 2.47. The third-order valence-electron chi connectivity index (χ3n) is 3.43. The number of carbonyl (C=O) groups is 1. The molecule has 0 fully saturated rings. The number of nitrogens with one attached hydrogen (secondary N) is 1. The molecule has 1 aromatic heterocycles. The second kappa shape index (κ2) is 4.83. The molecule has 1 aliphatic rings. The molecule has 0 amide bonds. The van der Waals surface area contributed by atoms with Crippen molar-refractivity contribution in [1.29, 1.82) is 0 Å². The van der Waals surface area contributed by atoms with E-state index < -0.39 is 23.0 Å². The van der Waals surface area contributed by atoms with Crippen molar-refractivity contribution in [2.45, 2.75) is 13.3 Å². The van der Waals surface area contributed by atoms with Gasteiger partial charge in [-0.25, -0.2) is 13.6 Å². The Morgan fingerprint density at radius 3 is 2.95 bits per heavy atom. The maximum Gasteiger partial charge on any atom is 0.343 e. The van der Waals surface area contributed by atoms with Crippen molar-refractivity contribution in [3.63, 3.8) is 0 Å². The van der Waals surface area contributed by atoms with Crippen LogP contribution in [0.4, 0.5) is 8.78 Å². The molecule has 2 aromatic rings. The number of esters is 1. The summed E-state index contributed by atoms with van der Waals surface area (Å²) >= 11 is 0. The van der Waals surface area contributed by atoms with Crippen molar-refractivity contribution >= 4 is 16.9 Å². The summed E-state index contributed by atoms with van der Waals surface area (Å²) in [6.07, 6.45) is 1.53. The summed E-state index contributed by atoms with van der Waals surface area (Å²) in [6, 6.07) is 0.822. The molecule has 7 heteroatoms. The maximum atomic E-state index is 13.8. The molecule has 5 nitrogen and oxygen atoms in total. The summed E-state index contributed by atoms with van der Waals surface area (Å²) < 4.78 is 33.7. The highest BCUT2D eigenvalue weighted by Gasteiger charge is 2.24. The highest BCUT2D eigenvalue weighted by molar-refractivity contribution is 5.94. The summed E-state index contributed by atoms with van der Waals surface area (Å²) in [6.45, 7) is 2.10. The second-order valence-electron chi connectivity index (χ2n) is 4.67. The summed E-state index contributed by atoms with van der Waals surface area (Å²) in [7, 11) is 0. The smallest absolute Gasteiger partial charge is 0.343 e. The third kappa shape index (κ3) is 1.96. The van der Waals surface area contributed by atoms with Crippen LogP contribution in [0.15, 0.2) is 17.1 Å². The minimum Gasteiger partial charge on any atom is -0.462 e. The van der Waals surface area contributed by atoms with Gasteiger partial charge in [-0.2, -0.15) is 0 Å². The second-order valence-corrected chi connectivity index (χ2v) is 4.67. The fourth-order valence-corrected chi connectivity index (χ4v) is 2.52. The summed E-state index contributed by atoms with van der Waals surface area (Å²) in [4.78, 5) is 24.1. The Morgan fingerprint density at radius 2 is 2.24 bits per heavy atom. The molecule has 1 N–H and O–H groups in total. The molecule has 0 bridgehead atoms. The lowest BCUT2D eigenvalue weighted by Gasteiger charge is -2.22. The first-order valence-corrected chi connectivity index (χ1v) is 6.51. The highest BCUT2D eigenvalue weighted by Crippen LogP contribution is 2.25. The molecule has 0 spiro atoms. The Morgan fingerprint density at radius 1 is 1.48 bits per heavy atom. The van der Waals surface area contributed by atoms with Crippen LogP contribution in [0.2, 0.25) is 0 Å². The Balaban J connectivity index is 2.38. The lowest BCUT2D eigenvalue weighted by molar-refractivity contribution is 0.0524. The van der Waals surface area contributed by atoms with Gasteiger partial charge in [-0.1, -0.05) is 0 Å². The highest BCUT2D eigenvalue weighted by atomic mass is 19.2. The molecule has 0 radical (unpaired) electrons. The minimum absolute atomic E-state index is 0.0401. The van der Waals surface area contributed by atoms with Gasteiger partial charge in [-0.15, -0.1) is 0 Å². The fraction of sp³-hybridized carbons (Fsp3) is 0.286. The number of hydrogen-bond acceptors (Lipinski definition) is 4. The number of nitrogens with zero attached hydrogens (tertiary/aromatic N) is 1. The van der Waals surface area contributed by atoms with E-state index in [-0.39, 0.29) is 35.1 Å². The average molecular weight is 294 g/mol. The van der Waals surface area contributed by atoms with E-state index in [2.05, 4.69) is 5.43 Å². The van der Waals surface area contributed by atoms with Gasteiger partial charge in [0.15, 0.2) is 11.6 Å². The van der Waals surface area contributed by atoms with Crippen LogP contribution >= 0.6 is 0 Å². The van der Waals surface area contributed by atoms with Crippen LogP contribution in [0.5, 0.6) is 0 Å². The molecule has 21 heavy (non-hydrogen) atoms. The minimum atomic E-state index is -1.09. The molecule has 1 aliphatic heterocycles. The Bertz CT molecular complexity index is 814. The first-order valence-electron chi connectivity index (χ1n) is 6.51. The topological polar surface area (TPSA) is 60.3 Å². The number of aromatic nitrogens is 1. The molecule has 0 saturated carbocycles. The fourth-order valence-electron chi connectivity index (χ4n) is 2.52. The first-order chi connectivity index (χ1) is 10.0. The third-order valence-corrected chi connectivity index (χ3v) is 3.43. The van der Waals surface area contributed by atoms with E-state index in [1.807, 2.05) is 0 Å². The van der Waals surface area contributed by atoms with Gasteiger partial charge >= 0.3 is 5.97 Å². The van der Waals surface area contributed by atoms with Crippen LogP contribution in [0.1, 0.15) is 22.8 Å². The number of rotatable bonds is 2. The van der Waals surface area contributed by atoms with Gasteiger partial charge in [0.05, 0.1) is 17.5 Å². The molecule has 3 rings (SSSR count). The zero-order valence-electron chi connectivity index (χ0n) is 11.2. The molecule has 0 unspecified atom stereocenters. The van der Waals surface area contributed by atoms with Gasteiger partial charge in [0.2, 0.25) is 5.43 Å². The lowest BCUT2D eigenvalue weighted by atomic mass is 10.0. The van der Waals surface area contributed by atoms with E-state index in [1.54, 1.807) is 6.92 Å². The van der Waals surface area contributed by atoms with Crippen molar-refractivity contribution in [3.05, 3.63) is 45.2 Å². The SMILES string of the molecule is CCOC(=O)c1cn2c3c(c(F)c(F)cc3c1=O)CCN2. The van der Waals surface area contributed by atoms with Crippen molar-refractivity contribution in [1.82, 2.24) is 4.68 Å². The van der Waals surface area contributed by atoms with Crippen molar-refractivity contribution in [3.8, 4) is 0 Å². The van der Waals surface area contributed by atoms with Crippen LogP contribution < -0.4 is 10.9 Å². The number of hydrogen-bond donors (Lipinski definition) is 1. The number of pyridine rings is 1. The normalized spacial score (nSPS) is 13.1. The van der Waals surface area contributed by atoms with Gasteiger partial charge in [0.1, 0.15) is 5.56 Å². The summed E-state index contributed by atoms with van der Waals surface area (Å²) in [5, 5.41) is -0.0401. The molecular weight excluding hydrogens is 282 g/mol. The van der Waals surface area contributed by atoms with E-state index in [1.165, 1.54) is 10.9 Å². The van der Waals surface area contributed by atoms with E-state index in [4.69, 9.17) is 4.74 Å². The van der Waals surface area contributed by atoms with E-state index >= 15 is 0 Å². The zero-order chi connectivity index (χ0) is 15.1. The molecule has 110 valence electrons. The standard InChI is InChI=1S/C14H12F2N2O3/c1-2-21-14(20)9-6-18-12-7(3-4-17-18)11(16)10(15)5-8(12)13(9)19/h5-6,17H,2-4H2,1H3. The number of ether oxygens (including phenoxy) is 1. The quantitative estimate of drug-likeness (QED) is 0.854. The van der Waals surface area contributed by atoms with Crippen molar-refractivity contribution < 1.29 is 18.3 Å². The zero-order valence-corrected chi connectivity index (χ0v) is 11.2. The molecule has 2 heterocycles. The van der Waals surface area contributed by atoms with E-state index in [0.29, 0.717) is 6.54 Å². The van der Waals surface area contributed by atoms with Gasteiger partial charge < -0.3 is 10.2 Å². The van der Waals surface area contributed by atoms with Gasteiger partial charge in [0.25, 0.3) is 0 Å². The van der Waals surface area contributed by atoms with Crippen LogP contribution in [0.25, 0.3) is 10.9 Å². The summed E-state index contributed by atoms with van der Waals surface area (Å²) in [5.74, 6) is -2.84. The molecule has 0 aliphatic carbocycles. The van der Waals surface area contributed by atoms with Crippen LogP contribution in [0, 0.1) is 11.6 Å². The molecule has 0 atom stereocenters. The van der Waals surface area contributed by atoms with Crippen LogP contribution in [0.3, 0.4) is 0 Å². The number of halogens is 2. The molecular formula is C14H12F2N2O3. The Labute approximate surface area is 118 Å². The predicted molar refractivity (Wildman–Crippen MR) is 72.0 cm³/mol. The van der Waals surface area contributed by atoms with E-state index in [0.717, 1.165) is 6.07 Å². The maximum absolute atomic E-state index is 13.8.